The van der Waals surface area contributed by atoms with E-state index in [0.29, 0.717) is 12.0 Å². The number of rotatable bonds is 3. The molecule has 2 aliphatic heterocycles. The van der Waals surface area contributed by atoms with E-state index in [1.807, 2.05) is 0 Å². The molecular weight excluding hydrogens is 268 g/mol. The molecule has 0 radical (unpaired) electrons. The van der Waals surface area contributed by atoms with Crippen molar-refractivity contribution in [3.8, 4) is 0 Å². The maximum Gasteiger partial charge on any atom is 0.0542 e. The van der Waals surface area contributed by atoms with Gasteiger partial charge in [-0.3, -0.25) is 0 Å². The minimum atomic E-state index is 0.483. The van der Waals surface area contributed by atoms with E-state index in [4.69, 9.17) is 0 Å². The van der Waals surface area contributed by atoms with Gasteiger partial charge < -0.3 is 10.2 Å². The standard InChI is InChI=1S/C20H24N2/c1-15-8-9-20-16(13-15)5-4-11-22(20)12-10-17-14-21-19-7-3-2-6-18(17)19/h2-3,6-9,13-14,18-19,21H,4-5,10-12H2,1H3. The molecule has 0 aromatic heterocycles. The predicted octanol–water partition coefficient (Wildman–Crippen LogP) is 3.74. The van der Waals surface area contributed by atoms with Gasteiger partial charge in [0.1, 0.15) is 0 Å². The summed E-state index contributed by atoms with van der Waals surface area (Å²) >= 11 is 0. The van der Waals surface area contributed by atoms with Crippen molar-refractivity contribution in [2.45, 2.75) is 32.2 Å². The number of hydrogen-bond donors (Lipinski definition) is 1. The van der Waals surface area contributed by atoms with Crippen LogP contribution in [-0.4, -0.2) is 19.1 Å². The maximum absolute atomic E-state index is 3.50. The molecule has 0 bridgehead atoms. The molecule has 0 spiro atoms. The van der Waals surface area contributed by atoms with E-state index < -0.39 is 0 Å². The summed E-state index contributed by atoms with van der Waals surface area (Å²) in [4.78, 5) is 2.58. The number of anilines is 1. The molecule has 1 aromatic rings. The third-order valence-corrected chi connectivity index (χ3v) is 5.14. The van der Waals surface area contributed by atoms with E-state index in [-0.39, 0.29) is 0 Å². The molecule has 2 unspecified atom stereocenters. The summed E-state index contributed by atoms with van der Waals surface area (Å²) in [5, 5.41) is 3.50. The van der Waals surface area contributed by atoms with Crippen LogP contribution in [0.2, 0.25) is 0 Å². The molecule has 22 heavy (non-hydrogen) atoms. The molecule has 2 heterocycles. The molecular formula is C20H24N2. The van der Waals surface area contributed by atoms with Gasteiger partial charge in [-0.1, -0.05) is 42.0 Å². The highest BCUT2D eigenvalue weighted by molar-refractivity contribution is 5.56. The Bertz CT molecular complexity index is 654. The van der Waals surface area contributed by atoms with Crippen LogP contribution in [0.1, 0.15) is 24.0 Å². The Morgan fingerprint density at radius 2 is 2.14 bits per heavy atom. The van der Waals surface area contributed by atoms with Crippen molar-refractivity contribution in [3.63, 3.8) is 0 Å². The first-order chi connectivity index (χ1) is 10.8. The van der Waals surface area contributed by atoms with Gasteiger partial charge in [0.05, 0.1) is 6.04 Å². The highest BCUT2D eigenvalue weighted by atomic mass is 15.1. The normalized spacial score (nSPS) is 25.5. The van der Waals surface area contributed by atoms with Gasteiger partial charge in [0.15, 0.2) is 0 Å². The Balaban J connectivity index is 1.45. The third kappa shape index (κ3) is 2.47. The lowest BCUT2D eigenvalue weighted by atomic mass is 9.89. The van der Waals surface area contributed by atoms with Crippen LogP contribution in [0.25, 0.3) is 0 Å². The van der Waals surface area contributed by atoms with Crippen molar-refractivity contribution in [3.05, 3.63) is 65.4 Å². The van der Waals surface area contributed by atoms with Gasteiger partial charge in [0, 0.05) is 24.7 Å². The number of fused-ring (bicyclic) bond motifs is 2. The van der Waals surface area contributed by atoms with E-state index in [0.717, 1.165) is 13.0 Å². The summed E-state index contributed by atoms with van der Waals surface area (Å²) in [6.07, 6.45) is 14.8. The van der Waals surface area contributed by atoms with Crippen molar-refractivity contribution in [1.29, 1.82) is 0 Å². The van der Waals surface area contributed by atoms with Crippen LogP contribution in [0.3, 0.4) is 0 Å². The molecule has 3 aliphatic rings. The third-order valence-electron chi connectivity index (χ3n) is 5.14. The Morgan fingerprint density at radius 1 is 1.23 bits per heavy atom. The Morgan fingerprint density at radius 3 is 3.09 bits per heavy atom. The summed E-state index contributed by atoms with van der Waals surface area (Å²) in [7, 11) is 0. The summed E-state index contributed by atoms with van der Waals surface area (Å²) in [5.74, 6) is 0.562. The van der Waals surface area contributed by atoms with E-state index in [9.17, 15) is 0 Å². The zero-order valence-corrected chi connectivity index (χ0v) is 13.3. The summed E-state index contributed by atoms with van der Waals surface area (Å²) < 4.78 is 0. The maximum atomic E-state index is 3.50. The van der Waals surface area contributed by atoms with Gasteiger partial charge in [0.25, 0.3) is 0 Å². The fraction of sp³-hybridized carbons (Fsp3) is 0.400. The zero-order chi connectivity index (χ0) is 14.9. The molecule has 114 valence electrons. The van der Waals surface area contributed by atoms with Crippen LogP contribution >= 0.6 is 0 Å². The average Bonchev–Trinajstić information content (AvgIpc) is 2.96. The van der Waals surface area contributed by atoms with Crippen LogP contribution in [0.15, 0.2) is 54.3 Å². The van der Waals surface area contributed by atoms with Crippen LogP contribution in [0, 0.1) is 12.8 Å². The number of nitrogens with one attached hydrogen (secondary N) is 1. The number of allylic oxidation sites excluding steroid dienone is 2. The van der Waals surface area contributed by atoms with Crippen molar-refractivity contribution < 1.29 is 0 Å². The molecule has 1 aliphatic carbocycles. The molecule has 1 aromatic carbocycles. The van der Waals surface area contributed by atoms with Crippen molar-refractivity contribution >= 4 is 5.69 Å². The lowest BCUT2D eigenvalue weighted by molar-refractivity contribution is 0.608. The van der Waals surface area contributed by atoms with Gasteiger partial charge in [-0.05, 0) is 49.6 Å². The monoisotopic (exact) mass is 292 g/mol. The molecule has 2 atom stereocenters. The molecule has 0 fully saturated rings. The fourth-order valence-corrected chi connectivity index (χ4v) is 3.96. The van der Waals surface area contributed by atoms with Crippen molar-refractivity contribution in [1.82, 2.24) is 5.32 Å². The van der Waals surface area contributed by atoms with Crippen LogP contribution < -0.4 is 10.2 Å². The number of aryl methyl sites for hydroxylation is 2. The fourth-order valence-electron chi connectivity index (χ4n) is 3.96. The number of benzene rings is 1. The van der Waals surface area contributed by atoms with Gasteiger partial charge in [-0.25, -0.2) is 0 Å². The van der Waals surface area contributed by atoms with E-state index >= 15 is 0 Å². The van der Waals surface area contributed by atoms with E-state index in [1.165, 1.54) is 36.2 Å². The predicted molar refractivity (Wildman–Crippen MR) is 93.1 cm³/mol. The van der Waals surface area contributed by atoms with Crippen molar-refractivity contribution in [2.24, 2.45) is 5.92 Å². The Labute approximate surface area is 133 Å². The summed E-state index contributed by atoms with van der Waals surface area (Å²) in [5.41, 5.74) is 5.91. The number of nitrogens with zero attached hydrogens (tertiary/aromatic N) is 1. The van der Waals surface area contributed by atoms with Crippen molar-refractivity contribution in [2.75, 3.05) is 18.0 Å². The Hall–Kier alpha value is -1.96. The molecule has 0 saturated carbocycles. The molecule has 0 amide bonds. The smallest absolute Gasteiger partial charge is 0.0542 e. The molecule has 0 saturated heterocycles. The minimum absolute atomic E-state index is 0.483. The second-order valence-corrected chi connectivity index (χ2v) is 6.68. The van der Waals surface area contributed by atoms with Gasteiger partial charge >= 0.3 is 0 Å². The molecule has 2 nitrogen and oxygen atoms in total. The second-order valence-electron chi connectivity index (χ2n) is 6.68. The lowest BCUT2D eigenvalue weighted by Crippen LogP contribution is -2.31. The summed E-state index contributed by atoms with van der Waals surface area (Å²) in [6, 6.07) is 7.41. The Kier molecular flexibility index (Phi) is 3.53. The number of hydrogen-bond acceptors (Lipinski definition) is 2. The van der Waals surface area contributed by atoms with Crippen LogP contribution in [-0.2, 0) is 6.42 Å². The quantitative estimate of drug-likeness (QED) is 0.913. The highest BCUT2D eigenvalue weighted by Gasteiger charge is 2.27. The topological polar surface area (TPSA) is 15.3 Å². The minimum Gasteiger partial charge on any atom is -0.384 e. The zero-order valence-electron chi connectivity index (χ0n) is 13.3. The SMILES string of the molecule is Cc1ccc2c(c1)CCCN2CCC1=CNC2C=CC=CC12. The first-order valence-corrected chi connectivity index (χ1v) is 8.46. The largest absolute Gasteiger partial charge is 0.384 e. The van der Waals surface area contributed by atoms with E-state index in [1.54, 1.807) is 5.57 Å². The highest BCUT2D eigenvalue weighted by Crippen LogP contribution is 2.31. The molecule has 2 heteroatoms. The molecule has 4 rings (SSSR count). The first kappa shape index (κ1) is 13.7. The van der Waals surface area contributed by atoms with Gasteiger partial charge in [-0.15, -0.1) is 0 Å². The van der Waals surface area contributed by atoms with Crippen LogP contribution in [0.4, 0.5) is 5.69 Å². The first-order valence-electron chi connectivity index (χ1n) is 8.46. The molecule has 1 N–H and O–H groups in total. The second kappa shape index (κ2) is 5.68. The van der Waals surface area contributed by atoms with Crippen LogP contribution in [0.5, 0.6) is 0 Å². The lowest BCUT2D eigenvalue weighted by Gasteiger charge is -2.32. The van der Waals surface area contributed by atoms with Gasteiger partial charge in [0.2, 0.25) is 0 Å². The van der Waals surface area contributed by atoms with Gasteiger partial charge in [-0.2, -0.15) is 0 Å². The summed E-state index contributed by atoms with van der Waals surface area (Å²) in [6.45, 7) is 4.52. The average molecular weight is 292 g/mol. The van der Waals surface area contributed by atoms with E-state index in [2.05, 4.69) is 65.8 Å².